The van der Waals surface area contributed by atoms with Crippen molar-refractivity contribution in [2.24, 2.45) is 0 Å². The van der Waals surface area contributed by atoms with Gasteiger partial charge in [-0.15, -0.1) is 0 Å². The van der Waals surface area contributed by atoms with Crippen LogP contribution in [0.5, 0.6) is 0 Å². The van der Waals surface area contributed by atoms with Gasteiger partial charge in [0.15, 0.2) is 5.11 Å². The van der Waals surface area contributed by atoms with Gasteiger partial charge in [0, 0.05) is 18.7 Å². The van der Waals surface area contributed by atoms with Crippen molar-refractivity contribution in [1.29, 1.82) is 0 Å². The lowest BCUT2D eigenvalue weighted by Crippen LogP contribution is -2.36. The van der Waals surface area contributed by atoms with Gasteiger partial charge in [0.05, 0.1) is 0 Å². The highest BCUT2D eigenvalue weighted by Gasteiger charge is 2.04. The molecule has 21 heavy (non-hydrogen) atoms. The Morgan fingerprint density at radius 1 is 1.00 bits per heavy atom. The Kier molecular flexibility index (Phi) is 5.63. The minimum Gasteiger partial charge on any atom is -0.362 e. The maximum absolute atomic E-state index is 13.4. The van der Waals surface area contributed by atoms with E-state index >= 15 is 0 Å². The summed E-state index contributed by atoms with van der Waals surface area (Å²) >= 11 is 5.11. The molecule has 0 unspecified atom stereocenters. The molecule has 2 aromatic carbocycles. The van der Waals surface area contributed by atoms with E-state index in [9.17, 15) is 8.78 Å². The molecule has 5 heteroatoms. The molecule has 2 N–H and O–H groups in total. The Morgan fingerprint density at radius 3 is 2.52 bits per heavy atom. The second kappa shape index (κ2) is 7.69. The van der Waals surface area contributed by atoms with Crippen LogP contribution in [0.1, 0.15) is 11.1 Å². The van der Waals surface area contributed by atoms with Gasteiger partial charge in [-0.2, -0.15) is 0 Å². The van der Waals surface area contributed by atoms with Gasteiger partial charge in [-0.1, -0.05) is 30.3 Å². The number of benzene rings is 2. The fraction of sp³-hybridized carbons (Fsp3) is 0.188. The molecule has 0 fully saturated rings. The molecule has 2 aromatic rings. The lowest BCUT2D eigenvalue weighted by molar-refractivity contribution is 0.581. The van der Waals surface area contributed by atoms with E-state index < -0.39 is 11.6 Å². The molecule has 0 saturated heterocycles. The summed E-state index contributed by atoms with van der Waals surface area (Å²) in [5.74, 6) is -0.910. The lowest BCUT2D eigenvalue weighted by atomic mass is 10.1. The summed E-state index contributed by atoms with van der Waals surface area (Å²) in [5.41, 5.74) is 1.46. The van der Waals surface area contributed by atoms with Crippen molar-refractivity contribution in [3.63, 3.8) is 0 Å². The van der Waals surface area contributed by atoms with Crippen LogP contribution in [0, 0.1) is 11.6 Å². The van der Waals surface area contributed by atoms with Crippen molar-refractivity contribution in [3.8, 4) is 0 Å². The molecule has 0 bridgehead atoms. The van der Waals surface area contributed by atoms with Crippen molar-refractivity contribution >= 4 is 17.3 Å². The van der Waals surface area contributed by atoms with Crippen LogP contribution >= 0.6 is 12.2 Å². The van der Waals surface area contributed by atoms with Gasteiger partial charge in [-0.05, 0) is 42.4 Å². The predicted molar refractivity (Wildman–Crippen MR) is 83.9 cm³/mol. The minimum atomic E-state index is -0.462. The molecule has 0 aliphatic carbocycles. The van der Waals surface area contributed by atoms with Crippen molar-refractivity contribution in [1.82, 2.24) is 10.6 Å². The predicted octanol–water partition coefficient (Wildman–Crippen LogP) is 3.17. The first kappa shape index (κ1) is 15.4. The van der Waals surface area contributed by atoms with E-state index in [-0.39, 0.29) is 12.1 Å². The van der Waals surface area contributed by atoms with Crippen LogP contribution in [0.4, 0.5) is 8.78 Å². The second-order valence-electron chi connectivity index (χ2n) is 4.58. The van der Waals surface area contributed by atoms with Gasteiger partial charge in [0.25, 0.3) is 0 Å². The van der Waals surface area contributed by atoms with Crippen LogP contribution in [-0.2, 0) is 13.0 Å². The summed E-state index contributed by atoms with van der Waals surface area (Å²) in [7, 11) is 0. The smallest absolute Gasteiger partial charge is 0.166 e. The standard InChI is InChI=1S/C16H16F2N2S/c17-14-6-7-15(18)13(10-14)11-20-16(21)19-9-8-12-4-2-1-3-5-12/h1-7,10H,8-9,11H2,(H2,19,20,21). The highest BCUT2D eigenvalue weighted by Crippen LogP contribution is 2.09. The molecule has 2 rings (SSSR count). The van der Waals surface area contributed by atoms with Crippen LogP contribution in [0.25, 0.3) is 0 Å². The normalized spacial score (nSPS) is 10.2. The minimum absolute atomic E-state index is 0.154. The van der Waals surface area contributed by atoms with Gasteiger partial charge >= 0.3 is 0 Å². The fourth-order valence-corrected chi connectivity index (χ4v) is 2.06. The molecule has 0 radical (unpaired) electrons. The number of thiocarbonyl (C=S) groups is 1. The van der Waals surface area contributed by atoms with Crippen LogP contribution in [0.2, 0.25) is 0 Å². The van der Waals surface area contributed by atoms with E-state index in [0.29, 0.717) is 11.7 Å². The summed E-state index contributed by atoms with van der Waals surface area (Å²) in [6.45, 7) is 0.836. The molecule has 0 aliphatic rings. The van der Waals surface area contributed by atoms with Crippen LogP contribution < -0.4 is 10.6 Å². The van der Waals surface area contributed by atoms with Crippen LogP contribution in [-0.4, -0.2) is 11.7 Å². The zero-order chi connectivity index (χ0) is 15.1. The Balaban J connectivity index is 1.74. The molecule has 0 heterocycles. The maximum atomic E-state index is 13.4. The quantitative estimate of drug-likeness (QED) is 0.830. The maximum Gasteiger partial charge on any atom is 0.166 e. The first-order valence-electron chi connectivity index (χ1n) is 6.65. The number of hydrogen-bond acceptors (Lipinski definition) is 1. The number of nitrogens with one attached hydrogen (secondary N) is 2. The number of rotatable bonds is 5. The molecule has 0 aromatic heterocycles. The molecular formula is C16H16F2N2S. The van der Waals surface area contributed by atoms with E-state index in [0.717, 1.165) is 24.6 Å². The van der Waals surface area contributed by atoms with Crippen molar-refractivity contribution in [3.05, 3.63) is 71.3 Å². The lowest BCUT2D eigenvalue weighted by Gasteiger charge is -2.11. The zero-order valence-electron chi connectivity index (χ0n) is 11.4. The Hall–Kier alpha value is -2.01. The van der Waals surface area contributed by atoms with Gasteiger partial charge in [-0.25, -0.2) is 8.78 Å². The highest BCUT2D eigenvalue weighted by molar-refractivity contribution is 7.80. The average Bonchev–Trinajstić information content (AvgIpc) is 2.49. The van der Waals surface area contributed by atoms with E-state index in [4.69, 9.17) is 12.2 Å². The summed E-state index contributed by atoms with van der Waals surface area (Å²) in [5, 5.41) is 6.33. The molecule has 110 valence electrons. The van der Waals surface area contributed by atoms with Gasteiger partial charge in [0.1, 0.15) is 11.6 Å². The SMILES string of the molecule is Fc1ccc(F)c(CNC(=S)NCCc2ccccc2)c1. The largest absolute Gasteiger partial charge is 0.362 e. The van der Waals surface area contributed by atoms with E-state index in [1.807, 2.05) is 30.3 Å². The summed E-state index contributed by atoms with van der Waals surface area (Å²) in [4.78, 5) is 0. The van der Waals surface area contributed by atoms with Crippen molar-refractivity contribution < 1.29 is 8.78 Å². The van der Waals surface area contributed by atoms with Crippen LogP contribution in [0.15, 0.2) is 48.5 Å². The Morgan fingerprint density at radius 2 is 1.76 bits per heavy atom. The first-order chi connectivity index (χ1) is 10.1. The molecule has 0 saturated carbocycles. The topological polar surface area (TPSA) is 24.1 Å². The Bertz CT molecular complexity index is 602. The molecule has 0 aliphatic heterocycles. The van der Waals surface area contributed by atoms with E-state index in [1.54, 1.807) is 0 Å². The van der Waals surface area contributed by atoms with Crippen LogP contribution in [0.3, 0.4) is 0 Å². The van der Waals surface area contributed by atoms with Crippen molar-refractivity contribution in [2.45, 2.75) is 13.0 Å². The van der Waals surface area contributed by atoms with Crippen molar-refractivity contribution in [2.75, 3.05) is 6.54 Å². The fourth-order valence-electron chi connectivity index (χ4n) is 1.88. The monoisotopic (exact) mass is 306 g/mol. The van der Waals surface area contributed by atoms with E-state index in [2.05, 4.69) is 10.6 Å². The zero-order valence-corrected chi connectivity index (χ0v) is 12.2. The average molecular weight is 306 g/mol. The number of halogens is 2. The van der Waals surface area contributed by atoms with Gasteiger partial charge < -0.3 is 10.6 Å². The molecule has 0 amide bonds. The second-order valence-corrected chi connectivity index (χ2v) is 4.99. The molecule has 0 atom stereocenters. The third-order valence-electron chi connectivity index (χ3n) is 2.99. The summed E-state index contributed by atoms with van der Waals surface area (Å²) < 4.78 is 26.4. The number of hydrogen-bond donors (Lipinski definition) is 2. The highest BCUT2D eigenvalue weighted by atomic mass is 32.1. The first-order valence-corrected chi connectivity index (χ1v) is 7.05. The third kappa shape index (κ3) is 5.11. The summed E-state index contributed by atoms with van der Waals surface area (Å²) in [6.07, 6.45) is 0.844. The third-order valence-corrected chi connectivity index (χ3v) is 3.28. The summed E-state index contributed by atoms with van der Waals surface area (Å²) in [6, 6.07) is 13.4. The van der Waals surface area contributed by atoms with Gasteiger partial charge in [0.2, 0.25) is 0 Å². The molecule has 0 spiro atoms. The van der Waals surface area contributed by atoms with E-state index in [1.165, 1.54) is 5.56 Å². The Labute approximate surface area is 128 Å². The molecule has 2 nitrogen and oxygen atoms in total. The van der Waals surface area contributed by atoms with Gasteiger partial charge in [-0.3, -0.25) is 0 Å². The molecular weight excluding hydrogens is 290 g/mol.